The first kappa shape index (κ1) is 21.8. The van der Waals surface area contributed by atoms with Crippen LogP contribution >= 0.6 is 11.3 Å². The molecule has 5 rings (SSSR count). The number of thiophene rings is 1. The van der Waals surface area contributed by atoms with Crippen LogP contribution in [0.2, 0.25) is 0 Å². The molecule has 1 aliphatic carbocycles. The van der Waals surface area contributed by atoms with Gasteiger partial charge in [-0.05, 0) is 55.0 Å². The van der Waals surface area contributed by atoms with Crippen molar-refractivity contribution in [1.82, 2.24) is 20.0 Å². The summed E-state index contributed by atoms with van der Waals surface area (Å²) in [4.78, 5) is 29.9. The van der Waals surface area contributed by atoms with E-state index >= 15 is 0 Å². The Bertz CT molecular complexity index is 1170. The molecule has 8 heteroatoms. The fraction of sp³-hybridized carbons (Fsp3) is 0.400. The average molecular weight is 467 g/mol. The van der Waals surface area contributed by atoms with E-state index in [0.717, 1.165) is 36.3 Å². The molecular formula is C25H27FN4O2S. The Hall–Kier alpha value is -3.00. The second-order valence-corrected chi connectivity index (χ2v) is 10.1. The SMILES string of the molecule is C[C@@]1(C(=O)NC2CCCCC2)Cn2nc(-c3cccs3)cc2C(=O)N1Cc1cccc(F)c1. The molecule has 0 spiro atoms. The lowest BCUT2D eigenvalue weighted by atomic mass is 9.91. The summed E-state index contributed by atoms with van der Waals surface area (Å²) in [5, 5.41) is 9.83. The number of benzene rings is 1. The number of nitrogens with zero attached hydrogens (tertiary/aromatic N) is 3. The number of fused-ring (bicyclic) bond motifs is 1. The van der Waals surface area contributed by atoms with Gasteiger partial charge in [-0.15, -0.1) is 11.3 Å². The number of aromatic nitrogens is 2. The molecule has 1 atom stereocenters. The Morgan fingerprint density at radius 3 is 2.76 bits per heavy atom. The fourth-order valence-electron chi connectivity index (χ4n) is 4.84. The molecule has 33 heavy (non-hydrogen) atoms. The summed E-state index contributed by atoms with van der Waals surface area (Å²) in [6, 6.07) is 12.0. The van der Waals surface area contributed by atoms with Crippen molar-refractivity contribution in [2.45, 2.75) is 63.7 Å². The molecule has 3 heterocycles. The van der Waals surface area contributed by atoms with Crippen LogP contribution < -0.4 is 5.32 Å². The molecule has 6 nitrogen and oxygen atoms in total. The van der Waals surface area contributed by atoms with E-state index < -0.39 is 5.54 Å². The standard InChI is InChI=1S/C25H27FN4O2S/c1-25(24(32)27-19-9-3-2-4-10-19)16-30-21(14-20(28-30)22-11-6-12-33-22)23(31)29(25)15-17-7-5-8-18(26)13-17/h5-8,11-14,19H,2-4,9-10,15-16H2,1H3,(H,27,32)/t25-/m0/s1. The van der Waals surface area contributed by atoms with Crippen molar-refractivity contribution < 1.29 is 14.0 Å². The largest absolute Gasteiger partial charge is 0.351 e. The first-order chi connectivity index (χ1) is 15.9. The third kappa shape index (κ3) is 4.19. The van der Waals surface area contributed by atoms with Gasteiger partial charge in [-0.2, -0.15) is 5.10 Å². The van der Waals surface area contributed by atoms with E-state index in [9.17, 15) is 14.0 Å². The Morgan fingerprint density at radius 1 is 1.21 bits per heavy atom. The smallest absolute Gasteiger partial charge is 0.273 e. The van der Waals surface area contributed by atoms with Gasteiger partial charge in [0.05, 0.1) is 11.4 Å². The van der Waals surface area contributed by atoms with E-state index in [4.69, 9.17) is 0 Å². The molecule has 2 aliphatic rings. The van der Waals surface area contributed by atoms with Crippen LogP contribution in [-0.2, 0) is 17.9 Å². The summed E-state index contributed by atoms with van der Waals surface area (Å²) >= 11 is 1.55. The molecule has 2 amide bonds. The highest BCUT2D eigenvalue weighted by Gasteiger charge is 2.48. The normalized spacial score (nSPS) is 21.2. The molecule has 0 radical (unpaired) electrons. The van der Waals surface area contributed by atoms with Crippen molar-refractivity contribution in [3.63, 3.8) is 0 Å². The summed E-state index contributed by atoms with van der Waals surface area (Å²) in [6.07, 6.45) is 5.29. The first-order valence-electron chi connectivity index (χ1n) is 11.4. The van der Waals surface area contributed by atoms with Crippen LogP contribution in [0.3, 0.4) is 0 Å². The predicted molar refractivity (Wildman–Crippen MR) is 125 cm³/mol. The maximum Gasteiger partial charge on any atom is 0.273 e. The van der Waals surface area contributed by atoms with Gasteiger partial charge in [0, 0.05) is 12.6 Å². The van der Waals surface area contributed by atoms with Gasteiger partial charge in [0.25, 0.3) is 5.91 Å². The van der Waals surface area contributed by atoms with Crippen LogP contribution in [0.25, 0.3) is 10.6 Å². The molecule has 1 aromatic carbocycles. The van der Waals surface area contributed by atoms with Crippen LogP contribution in [-0.4, -0.2) is 38.1 Å². The number of carbonyl (C=O) groups is 2. The highest BCUT2D eigenvalue weighted by Crippen LogP contribution is 2.33. The number of hydrogen-bond donors (Lipinski definition) is 1. The van der Waals surface area contributed by atoms with Crippen LogP contribution in [0.4, 0.5) is 4.39 Å². The minimum Gasteiger partial charge on any atom is -0.351 e. The van der Waals surface area contributed by atoms with Gasteiger partial charge < -0.3 is 10.2 Å². The topological polar surface area (TPSA) is 67.2 Å². The van der Waals surface area contributed by atoms with E-state index in [0.29, 0.717) is 11.3 Å². The van der Waals surface area contributed by atoms with Crippen LogP contribution in [0.5, 0.6) is 0 Å². The van der Waals surface area contributed by atoms with Crippen molar-refractivity contribution in [1.29, 1.82) is 0 Å². The van der Waals surface area contributed by atoms with Crippen molar-refractivity contribution >= 4 is 23.2 Å². The maximum absolute atomic E-state index is 13.9. The zero-order valence-electron chi connectivity index (χ0n) is 18.6. The molecule has 2 aromatic heterocycles. The summed E-state index contributed by atoms with van der Waals surface area (Å²) in [6.45, 7) is 2.18. The van der Waals surface area contributed by atoms with Gasteiger partial charge in [-0.3, -0.25) is 14.3 Å². The minimum absolute atomic E-state index is 0.120. The number of halogens is 1. The summed E-state index contributed by atoms with van der Waals surface area (Å²) < 4.78 is 15.5. The molecule has 0 bridgehead atoms. The van der Waals surface area contributed by atoms with E-state index in [1.54, 1.807) is 46.0 Å². The fourth-order valence-corrected chi connectivity index (χ4v) is 5.52. The van der Waals surface area contributed by atoms with Gasteiger partial charge in [0.15, 0.2) is 0 Å². The van der Waals surface area contributed by atoms with E-state index in [1.165, 1.54) is 18.6 Å². The Morgan fingerprint density at radius 2 is 2.03 bits per heavy atom. The van der Waals surface area contributed by atoms with E-state index in [1.807, 2.05) is 17.5 Å². The zero-order chi connectivity index (χ0) is 23.0. The lowest BCUT2D eigenvalue weighted by Gasteiger charge is -2.44. The summed E-state index contributed by atoms with van der Waals surface area (Å²) in [5.74, 6) is -0.824. The third-order valence-corrected chi connectivity index (χ3v) is 7.62. The van der Waals surface area contributed by atoms with Gasteiger partial charge in [0.2, 0.25) is 5.91 Å². The Balaban J connectivity index is 1.51. The second kappa shape index (κ2) is 8.74. The second-order valence-electron chi connectivity index (χ2n) is 9.15. The van der Waals surface area contributed by atoms with Crippen LogP contribution in [0.1, 0.15) is 55.1 Å². The van der Waals surface area contributed by atoms with E-state index in [-0.39, 0.29) is 36.8 Å². The summed E-state index contributed by atoms with van der Waals surface area (Å²) in [5.41, 5.74) is 0.660. The quantitative estimate of drug-likeness (QED) is 0.597. The number of amides is 2. The molecule has 1 aliphatic heterocycles. The van der Waals surface area contributed by atoms with Crippen molar-refractivity contribution in [3.05, 3.63) is 64.9 Å². The van der Waals surface area contributed by atoms with Crippen molar-refractivity contribution in [2.75, 3.05) is 0 Å². The van der Waals surface area contributed by atoms with Gasteiger partial charge in [-0.25, -0.2) is 4.39 Å². The summed E-state index contributed by atoms with van der Waals surface area (Å²) in [7, 11) is 0. The lowest BCUT2D eigenvalue weighted by Crippen LogP contribution is -2.64. The molecule has 1 N–H and O–H groups in total. The predicted octanol–water partition coefficient (Wildman–Crippen LogP) is 4.61. The number of nitrogens with one attached hydrogen (secondary N) is 1. The Kier molecular flexibility index (Phi) is 5.78. The average Bonchev–Trinajstić information content (AvgIpc) is 3.47. The molecule has 3 aromatic rings. The first-order valence-corrected chi connectivity index (χ1v) is 12.3. The zero-order valence-corrected chi connectivity index (χ0v) is 19.4. The maximum atomic E-state index is 13.9. The highest BCUT2D eigenvalue weighted by molar-refractivity contribution is 7.13. The van der Waals surface area contributed by atoms with Gasteiger partial charge in [-0.1, -0.05) is 37.5 Å². The molecule has 1 fully saturated rings. The molecule has 0 saturated heterocycles. The molecular weight excluding hydrogens is 439 g/mol. The number of rotatable bonds is 5. The minimum atomic E-state index is -1.15. The third-order valence-electron chi connectivity index (χ3n) is 6.73. The van der Waals surface area contributed by atoms with Crippen LogP contribution in [0, 0.1) is 5.82 Å². The van der Waals surface area contributed by atoms with Crippen LogP contribution in [0.15, 0.2) is 47.8 Å². The van der Waals surface area contributed by atoms with Crippen molar-refractivity contribution in [3.8, 4) is 10.6 Å². The molecule has 1 saturated carbocycles. The van der Waals surface area contributed by atoms with Gasteiger partial charge >= 0.3 is 0 Å². The molecule has 0 unspecified atom stereocenters. The monoisotopic (exact) mass is 466 g/mol. The molecule has 172 valence electrons. The lowest BCUT2D eigenvalue weighted by molar-refractivity contribution is -0.134. The Labute approximate surface area is 196 Å². The highest BCUT2D eigenvalue weighted by atomic mass is 32.1. The van der Waals surface area contributed by atoms with Crippen molar-refractivity contribution in [2.24, 2.45) is 0 Å². The number of hydrogen-bond acceptors (Lipinski definition) is 4. The van der Waals surface area contributed by atoms with E-state index in [2.05, 4.69) is 10.4 Å². The van der Waals surface area contributed by atoms with Gasteiger partial charge in [0.1, 0.15) is 22.7 Å². The number of carbonyl (C=O) groups excluding carboxylic acids is 2.